The summed E-state index contributed by atoms with van der Waals surface area (Å²) in [5.74, 6) is 0. The molecule has 0 saturated heterocycles. The third kappa shape index (κ3) is 1.39. The van der Waals surface area contributed by atoms with Crippen LogP contribution in [0.15, 0.2) is 12.2 Å². The van der Waals surface area contributed by atoms with E-state index in [1.807, 2.05) is 13.8 Å². The zero-order valence-corrected chi connectivity index (χ0v) is 6.41. The summed E-state index contributed by atoms with van der Waals surface area (Å²) in [5, 5.41) is 18.5. The lowest BCUT2D eigenvalue weighted by molar-refractivity contribution is 0.0365. The zero-order valence-electron chi connectivity index (χ0n) is 6.41. The van der Waals surface area contributed by atoms with Crippen LogP contribution in [-0.4, -0.2) is 22.4 Å². The Morgan fingerprint density at radius 2 is 1.90 bits per heavy atom. The van der Waals surface area contributed by atoms with Crippen molar-refractivity contribution in [1.82, 2.24) is 0 Å². The van der Waals surface area contributed by atoms with Crippen LogP contribution in [0.1, 0.15) is 20.3 Å². The molecule has 58 valence electrons. The van der Waals surface area contributed by atoms with Crippen molar-refractivity contribution < 1.29 is 10.2 Å². The summed E-state index contributed by atoms with van der Waals surface area (Å²) in [6.45, 7) is 3.90. The van der Waals surface area contributed by atoms with Crippen LogP contribution in [0.3, 0.4) is 0 Å². The van der Waals surface area contributed by atoms with Gasteiger partial charge in [0.15, 0.2) is 0 Å². The van der Waals surface area contributed by atoms with E-state index in [1.165, 1.54) is 0 Å². The average Bonchev–Trinajstić information content (AvgIpc) is 1.78. The fourth-order valence-electron chi connectivity index (χ4n) is 1.22. The first-order valence-corrected chi connectivity index (χ1v) is 3.57. The fraction of sp³-hybridized carbons (Fsp3) is 0.750. The molecule has 0 aromatic carbocycles. The van der Waals surface area contributed by atoms with E-state index in [4.69, 9.17) is 5.11 Å². The first kappa shape index (κ1) is 7.76. The van der Waals surface area contributed by atoms with Gasteiger partial charge in [0.25, 0.3) is 0 Å². The van der Waals surface area contributed by atoms with Crippen LogP contribution in [0.25, 0.3) is 0 Å². The molecule has 0 heterocycles. The van der Waals surface area contributed by atoms with E-state index in [9.17, 15) is 5.11 Å². The van der Waals surface area contributed by atoms with Gasteiger partial charge in [-0.25, -0.2) is 0 Å². The second-order valence-electron chi connectivity index (χ2n) is 3.59. The van der Waals surface area contributed by atoms with Crippen LogP contribution in [0.5, 0.6) is 0 Å². The maximum Gasteiger partial charge on any atom is 0.0773 e. The minimum Gasteiger partial charge on any atom is -0.389 e. The van der Waals surface area contributed by atoms with E-state index in [1.54, 1.807) is 12.2 Å². The highest BCUT2D eigenvalue weighted by molar-refractivity contribution is 5.05. The predicted octanol–water partition coefficient (Wildman–Crippen LogP) is 0.694. The lowest BCUT2D eigenvalue weighted by atomic mass is 9.77. The quantitative estimate of drug-likeness (QED) is 0.489. The summed E-state index contributed by atoms with van der Waals surface area (Å²) < 4.78 is 0. The average molecular weight is 142 g/mol. The molecular formula is C8H14O2. The summed E-state index contributed by atoms with van der Waals surface area (Å²) in [5.41, 5.74) is -0.172. The van der Waals surface area contributed by atoms with Crippen LogP contribution >= 0.6 is 0 Å². The van der Waals surface area contributed by atoms with Crippen molar-refractivity contribution in [1.29, 1.82) is 0 Å². The molecule has 0 aliphatic heterocycles. The molecule has 0 unspecified atom stereocenters. The van der Waals surface area contributed by atoms with E-state index < -0.39 is 6.10 Å². The zero-order chi connectivity index (χ0) is 7.78. The molecule has 0 bridgehead atoms. The third-order valence-electron chi connectivity index (χ3n) is 2.05. The van der Waals surface area contributed by atoms with Gasteiger partial charge >= 0.3 is 0 Å². The molecule has 0 spiro atoms. The van der Waals surface area contributed by atoms with Crippen molar-refractivity contribution in [3.05, 3.63) is 12.2 Å². The van der Waals surface area contributed by atoms with Crippen LogP contribution in [-0.2, 0) is 0 Å². The Labute approximate surface area is 61.2 Å². The lowest BCUT2D eigenvalue weighted by Gasteiger charge is -2.33. The van der Waals surface area contributed by atoms with Gasteiger partial charge in [-0.3, -0.25) is 0 Å². The monoisotopic (exact) mass is 142 g/mol. The van der Waals surface area contributed by atoms with Crippen LogP contribution in [0.2, 0.25) is 0 Å². The molecule has 1 aliphatic carbocycles. The standard InChI is InChI=1S/C8H14O2/c1-8(2)5-6(9)3-4-7(8)10/h3-4,6-7,9-10H,5H2,1-2H3/t6-,7-/m0/s1. The Hall–Kier alpha value is -0.340. The summed E-state index contributed by atoms with van der Waals surface area (Å²) in [7, 11) is 0. The van der Waals surface area contributed by atoms with Gasteiger partial charge in [-0.15, -0.1) is 0 Å². The first-order valence-electron chi connectivity index (χ1n) is 3.57. The number of rotatable bonds is 0. The Kier molecular flexibility index (Phi) is 1.84. The van der Waals surface area contributed by atoms with E-state index in [0.29, 0.717) is 6.42 Å². The Balaban J connectivity index is 2.72. The molecule has 10 heavy (non-hydrogen) atoms. The van der Waals surface area contributed by atoms with Crippen LogP contribution in [0.4, 0.5) is 0 Å². The molecule has 2 N–H and O–H groups in total. The predicted molar refractivity (Wildman–Crippen MR) is 39.6 cm³/mol. The number of aliphatic hydroxyl groups excluding tert-OH is 2. The topological polar surface area (TPSA) is 40.5 Å². The van der Waals surface area contributed by atoms with Gasteiger partial charge < -0.3 is 10.2 Å². The van der Waals surface area contributed by atoms with Gasteiger partial charge in [-0.1, -0.05) is 26.0 Å². The second-order valence-corrected chi connectivity index (χ2v) is 3.59. The number of hydrogen-bond donors (Lipinski definition) is 2. The van der Waals surface area contributed by atoms with Crippen molar-refractivity contribution in [2.45, 2.75) is 32.5 Å². The maximum atomic E-state index is 9.36. The first-order chi connectivity index (χ1) is 4.52. The van der Waals surface area contributed by atoms with Crippen LogP contribution in [0, 0.1) is 5.41 Å². The Bertz CT molecular complexity index is 149. The van der Waals surface area contributed by atoms with Crippen molar-refractivity contribution in [3.63, 3.8) is 0 Å². The van der Waals surface area contributed by atoms with E-state index >= 15 is 0 Å². The molecule has 1 aliphatic rings. The van der Waals surface area contributed by atoms with E-state index in [2.05, 4.69) is 0 Å². The van der Waals surface area contributed by atoms with Crippen molar-refractivity contribution in [3.8, 4) is 0 Å². The lowest BCUT2D eigenvalue weighted by Crippen LogP contribution is -2.34. The van der Waals surface area contributed by atoms with Gasteiger partial charge in [0.2, 0.25) is 0 Å². The largest absolute Gasteiger partial charge is 0.389 e. The third-order valence-corrected chi connectivity index (χ3v) is 2.05. The second kappa shape index (κ2) is 2.36. The van der Waals surface area contributed by atoms with Gasteiger partial charge in [0.05, 0.1) is 12.2 Å². The smallest absolute Gasteiger partial charge is 0.0773 e. The van der Waals surface area contributed by atoms with Crippen molar-refractivity contribution in [2.24, 2.45) is 5.41 Å². The highest BCUT2D eigenvalue weighted by Crippen LogP contribution is 2.31. The maximum absolute atomic E-state index is 9.36. The minimum absolute atomic E-state index is 0.172. The molecule has 0 aromatic heterocycles. The molecule has 0 fully saturated rings. The molecule has 2 nitrogen and oxygen atoms in total. The summed E-state index contributed by atoms with van der Waals surface area (Å²) in [6, 6.07) is 0. The van der Waals surface area contributed by atoms with Crippen molar-refractivity contribution in [2.75, 3.05) is 0 Å². The van der Waals surface area contributed by atoms with Crippen molar-refractivity contribution >= 4 is 0 Å². The fourth-order valence-corrected chi connectivity index (χ4v) is 1.22. The van der Waals surface area contributed by atoms with Gasteiger partial charge in [-0.2, -0.15) is 0 Å². The minimum atomic E-state index is -0.407. The Morgan fingerprint density at radius 3 is 2.30 bits per heavy atom. The van der Waals surface area contributed by atoms with Gasteiger partial charge in [0, 0.05) is 0 Å². The normalized spacial score (nSPS) is 38.0. The molecular weight excluding hydrogens is 128 g/mol. The highest BCUT2D eigenvalue weighted by Gasteiger charge is 2.31. The molecule has 0 amide bonds. The van der Waals surface area contributed by atoms with Gasteiger partial charge in [-0.05, 0) is 11.8 Å². The van der Waals surface area contributed by atoms with E-state index in [-0.39, 0.29) is 11.5 Å². The van der Waals surface area contributed by atoms with E-state index in [0.717, 1.165) is 0 Å². The summed E-state index contributed by atoms with van der Waals surface area (Å²) in [4.78, 5) is 0. The molecule has 0 saturated carbocycles. The molecule has 2 atom stereocenters. The van der Waals surface area contributed by atoms with Gasteiger partial charge in [0.1, 0.15) is 0 Å². The molecule has 0 radical (unpaired) electrons. The van der Waals surface area contributed by atoms with Crippen LogP contribution < -0.4 is 0 Å². The summed E-state index contributed by atoms with van der Waals surface area (Å²) in [6.07, 6.45) is 3.17. The Morgan fingerprint density at radius 1 is 1.30 bits per heavy atom. The number of hydrogen-bond acceptors (Lipinski definition) is 2. The molecule has 2 heteroatoms. The molecule has 1 rings (SSSR count). The SMILES string of the molecule is CC1(C)C[C@@H](O)C=C[C@@H]1O. The molecule has 0 aromatic rings. The highest BCUT2D eigenvalue weighted by atomic mass is 16.3. The summed E-state index contributed by atoms with van der Waals surface area (Å²) >= 11 is 0. The number of aliphatic hydroxyl groups is 2.